The van der Waals surface area contributed by atoms with Crippen LogP contribution in [0, 0.1) is 5.92 Å². The summed E-state index contributed by atoms with van der Waals surface area (Å²) in [5.74, 6) is -1.46. The van der Waals surface area contributed by atoms with Gasteiger partial charge in [0.15, 0.2) is 6.10 Å². The van der Waals surface area contributed by atoms with Crippen molar-refractivity contribution >= 4 is 46.4 Å². The number of amides is 2. The fourth-order valence-corrected chi connectivity index (χ4v) is 4.96. The van der Waals surface area contributed by atoms with Crippen molar-refractivity contribution in [3.8, 4) is 11.5 Å². The number of phenolic OH excluding ortho intramolecular Hbond substituents is 1. The van der Waals surface area contributed by atoms with Gasteiger partial charge in [-0.1, -0.05) is 41.4 Å². The van der Waals surface area contributed by atoms with E-state index in [0.29, 0.717) is 29.3 Å². The van der Waals surface area contributed by atoms with Crippen LogP contribution in [0.1, 0.15) is 18.5 Å². The third-order valence-electron chi connectivity index (χ3n) is 5.91. The van der Waals surface area contributed by atoms with Gasteiger partial charge in [-0.15, -0.1) is 0 Å². The van der Waals surface area contributed by atoms with Crippen molar-refractivity contribution in [2.45, 2.75) is 19.1 Å². The normalized spacial score (nSPS) is 21.8. The number of aromatic hydroxyl groups is 1. The minimum atomic E-state index is -1.08. The molecule has 0 aromatic heterocycles. The molecule has 2 fully saturated rings. The Hall–Kier alpha value is -3.26. The van der Waals surface area contributed by atoms with E-state index >= 15 is 0 Å². The van der Waals surface area contributed by atoms with Crippen molar-refractivity contribution in [2.24, 2.45) is 5.92 Å². The Bertz CT molecular complexity index is 1250. The number of imide groups is 1. The van der Waals surface area contributed by atoms with Crippen LogP contribution in [-0.4, -0.2) is 29.6 Å². The topological polar surface area (TPSA) is 79.3 Å². The largest absolute Gasteiger partial charge is 0.506 e. The zero-order valence-corrected chi connectivity index (χ0v) is 19.5. The van der Waals surface area contributed by atoms with Crippen LogP contribution in [0.3, 0.4) is 0 Å². The Morgan fingerprint density at radius 3 is 2.35 bits per heavy atom. The maximum atomic E-state index is 13.7. The lowest BCUT2D eigenvalue weighted by molar-refractivity contribution is -0.126. The van der Waals surface area contributed by atoms with Crippen molar-refractivity contribution in [1.82, 2.24) is 0 Å². The first kappa shape index (κ1) is 22.5. The Kier molecular flexibility index (Phi) is 5.85. The minimum absolute atomic E-state index is 0.0408. The third-order valence-corrected chi connectivity index (χ3v) is 6.41. The average molecular weight is 499 g/mol. The molecule has 2 amide bonds. The second-order valence-electron chi connectivity index (χ2n) is 7.92. The summed E-state index contributed by atoms with van der Waals surface area (Å²) in [6, 6.07) is 17.8. The molecule has 174 valence electrons. The highest BCUT2D eigenvalue weighted by Gasteiger charge is 2.60. The number of carbonyl (C=O) groups excluding carboxylic acids is 2. The molecular formula is C25H20Cl2N2O5. The number of para-hydroxylation sites is 1. The third kappa shape index (κ3) is 3.66. The predicted molar refractivity (Wildman–Crippen MR) is 128 cm³/mol. The van der Waals surface area contributed by atoms with E-state index in [1.165, 1.54) is 17.2 Å². The highest BCUT2D eigenvalue weighted by atomic mass is 35.5. The highest BCUT2D eigenvalue weighted by Crippen LogP contribution is 2.51. The van der Waals surface area contributed by atoms with Crippen molar-refractivity contribution in [2.75, 3.05) is 16.6 Å². The van der Waals surface area contributed by atoms with Crippen LogP contribution in [0.25, 0.3) is 0 Å². The number of anilines is 2. The summed E-state index contributed by atoms with van der Waals surface area (Å²) in [6.45, 7) is 2.37. The molecule has 0 bridgehead atoms. The number of ether oxygens (including phenoxy) is 1. The van der Waals surface area contributed by atoms with E-state index < -0.39 is 29.9 Å². The number of nitrogens with zero attached hydrogens (tertiary/aromatic N) is 2. The second-order valence-corrected chi connectivity index (χ2v) is 8.77. The Morgan fingerprint density at radius 1 is 0.971 bits per heavy atom. The van der Waals surface area contributed by atoms with Crippen molar-refractivity contribution in [3.63, 3.8) is 0 Å². The molecule has 9 heteroatoms. The van der Waals surface area contributed by atoms with Gasteiger partial charge in [-0.3, -0.25) is 14.4 Å². The summed E-state index contributed by atoms with van der Waals surface area (Å²) in [7, 11) is 0. The summed E-state index contributed by atoms with van der Waals surface area (Å²) < 4.78 is 5.45. The standard InChI is InChI=1S/C25H20Cl2N2O5/c1-2-33-17-10-8-15(9-11-17)28-24(31)20-21(18-12-14(26)13-19(27)22(18)30)29(34-23(20)25(28)32)16-6-4-3-5-7-16/h3-13,20-21,23,30H,2H2,1H3/t20-,21-,23-/m1/s1. The van der Waals surface area contributed by atoms with Crippen LogP contribution in [0.4, 0.5) is 11.4 Å². The smallest absolute Gasteiger partial charge is 0.266 e. The molecule has 2 saturated heterocycles. The van der Waals surface area contributed by atoms with Gasteiger partial charge in [0.1, 0.15) is 17.4 Å². The molecule has 0 radical (unpaired) electrons. The highest BCUT2D eigenvalue weighted by molar-refractivity contribution is 6.35. The summed E-state index contributed by atoms with van der Waals surface area (Å²) in [4.78, 5) is 34.2. The Morgan fingerprint density at radius 2 is 1.68 bits per heavy atom. The zero-order valence-electron chi connectivity index (χ0n) is 18.0. The van der Waals surface area contributed by atoms with Crippen molar-refractivity contribution < 1.29 is 24.3 Å². The SMILES string of the molecule is CCOc1ccc(N2C(=O)[C@@H]3[C@@H](c4cc(Cl)cc(Cl)c4O)N(c4ccccc4)O[C@H]3C2=O)cc1. The van der Waals surface area contributed by atoms with E-state index in [1.807, 2.05) is 25.1 Å². The molecule has 2 heterocycles. The molecule has 34 heavy (non-hydrogen) atoms. The number of benzene rings is 3. The van der Waals surface area contributed by atoms with Crippen LogP contribution in [0.2, 0.25) is 10.0 Å². The maximum absolute atomic E-state index is 13.7. The summed E-state index contributed by atoms with van der Waals surface area (Å²) in [5, 5.41) is 12.6. The van der Waals surface area contributed by atoms with Gasteiger partial charge >= 0.3 is 0 Å². The lowest BCUT2D eigenvalue weighted by Crippen LogP contribution is -2.37. The summed E-state index contributed by atoms with van der Waals surface area (Å²) in [5.41, 5.74) is 1.32. The lowest BCUT2D eigenvalue weighted by atomic mass is 9.90. The average Bonchev–Trinajstić information content (AvgIpc) is 3.34. The van der Waals surface area contributed by atoms with Crippen LogP contribution < -0.4 is 14.7 Å². The van der Waals surface area contributed by atoms with Crippen LogP contribution in [0.5, 0.6) is 11.5 Å². The van der Waals surface area contributed by atoms with Gasteiger partial charge in [-0.2, -0.15) is 0 Å². The lowest BCUT2D eigenvalue weighted by Gasteiger charge is -2.29. The molecule has 5 rings (SSSR count). The second kappa shape index (κ2) is 8.83. The van der Waals surface area contributed by atoms with Gasteiger partial charge in [-0.25, -0.2) is 9.96 Å². The predicted octanol–water partition coefficient (Wildman–Crippen LogP) is 5.15. The first-order valence-corrected chi connectivity index (χ1v) is 11.5. The molecule has 1 N–H and O–H groups in total. The molecule has 3 aromatic rings. The zero-order chi connectivity index (χ0) is 24.0. The molecule has 2 aliphatic heterocycles. The number of phenols is 1. The monoisotopic (exact) mass is 498 g/mol. The molecule has 7 nitrogen and oxygen atoms in total. The number of fused-ring (bicyclic) bond motifs is 1. The molecule has 0 unspecified atom stereocenters. The van der Waals surface area contributed by atoms with E-state index in [0.717, 1.165) is 4.90 Å². The van der Waals surface area contributed by atoms with E-state index in [1.54, 1.807) is 36.4 Å². The molecule has 2 aliphatic rings. The summed E-state index contributed by atoms with van der Waals surface area (Å²) >= 11 is 12.4. The Balaban J connectivity index is 1.58. The van der Waals surface area contributed by atoms with Gasteiger partial charge in [0.2, 0.25) is 5.91 Å². The van der Waals surface area contributed by atoms with Gasteiger partial charge in [0, 0.05) is 10.6 Å². The molecule has 0 spiro atoms. The van der Waals surface area contributed by atoms with Gasteiger partial charge in [0.05, 0.1) is 29.0 Å². The molecular weight excluding hydrogens is 479 g/mol. The number of hydrogen-bond acceptors (Lipinski definition) is 6. The number of rotatable bonds is 5. The molecule has 3 atom stereocenters. The fraction of sp³-hybridized carbons (Fsp3) is 0.200. The van der Waals surface area contributed by atoms with Crippen molar-refractivity contribution in [1.29, 1.82) is 0 Å². The quantitative estimate of drug-likeness (QED) is 0.490. The van der Waals surface area contributed by atoms with E-state index in [9.17, 15) is 14.7 Å². The van der Waals surface area contributed by atoms with Crippen LogP contribution in [-0.2, 0) is 14.4 Å². The van der Waals surface area contributed by atoms with E-state index in [-0.39, 0.29) is 15.8 Å². The molecule has 0 saturated carbocycles. The van der Waals surface area contributed by atoms with Gasteiger partial charge < -0.3 is 9.84 Å². The first-order valence-electron chi connectivity index (χ1n) is 10.7. The number of carbonyl (C=O) groups is 2. The number of hydrogen-bond donors (Lipinski definition) is 1. The summed E-state index contributed by atoms with van der Waals surface area (Å²) in [6.07, 6.45) is -1.08. The minimum Gasteiger partial charge on any atom is -0.506 e. The van der Waals surface area contributed by atoms with E-state index in [2.05, 4.69) is 0 Å². The van der Waals surface area contributed by atoms with Crippen molar-refractivity contribution in [3.05, 3.63) is 82.3 Å². The van der Waals surface area contributed by atoms with E-state index in [4.69, 9.17) is 32.8 Å². The molecule has 3 aromatic carbocycles. The first-order chi connectivity index (χ1) is 16.4. The van der Waals surface area contributed by atoms with Gasteiger partial charge in [0.25, 0.3) is 5.91 Å². The number of hydroxylamine groups is 1. The number of halogens is 2. The van der Waals surface area contributed by atoms with Crippen LogP contribution >= 0.6 is 23.2 Å². The van der Waals surface area contributed by atoms with Gasteiger partial charge in [-0.05, 0) is 55.5 Å². The fourth-order valence-electron chi connectivity index (χ4n) is 4.45. The van der Waals surface area contributed by atoms with Crippen LogP contribution in [0.15, 0.2) is 66.7 Å². The Labute approximate surface area is 206 Å². The molecule has 0 aliphatic carbocycles. The maximum Gasteiger partial charge on any atom is 0.266 e.